The quantitative estimate of drug-likeness (QED) is 0.482. The first kappa shape index (κ1) is 13.9. The van der Waals surface area contributed by atoms with Gasteiger partial charge >= 0.3 is 0 Å². The number of halogens is 2. The molecule has 0 saturated carbocycles. The summed E-state index contributed by atoms with van der Waals surface area (Å²) in [6.45, 7) is 0.733. The Morgan fingerprint density at radius 1 is 1.56 bits per heavy atom. The molecule has 1 atom stereocenters. The summed E-state index contributed by atoms with van der Waals surface area (Å²) >= 11 is 9.46. The van der Waals surface area contributed by atoms with Gasteiger partial charge in [-0.25, -0.2) is 0 Å². The van der Waals surface area contributed by atoms with Gasteiger partial charge in [-0.15, -0.1) is 0 Å². The molecule has 0 aromatic heterocycles. The molecule has 3 nitrogen and oxygen atoms in total. The lowest BCUT2D eigenvalue weighted by Gasteiger charge is -2.17. The van der Waals surface area contributed by atoms with Crippen LogP contribution in [-0.4, -0.2) is 13.7 Å². The molecule has 0 spiro atoms. The van der Waals surface area contributed by atoms with Crippen LogP contribution in [0.2, 0.25) is 5.02 Å². The van der Waals surface area contributed by atoms with Gasteiger partial charge < -0.3 is 4.74 Å². The van der Waals surface area contributed by atoms with E-state index >= 15 is 0 Å². The lowest BCUT2D eigenvalue weighted by molar-refractivity contribution is 0.188. The van der Waals surface area contributed by atoms with Crippen LogP contribution in [0.1, 0.15) is 24.4 Å². The molecule has 16 heavy (non-hydrogen) atoms. The van der Waals surface area contributed by atoms with Crippen LogP contribution in [0.4, 0.5) is 0 Å². The first-order valence-electron chi connectivity index (χ1n) is 5.09. The van der Waals surface area contributed by atoms with Gasteiger partial charge in [-0.3, -0.25) is 11.3 Å². The zero-order valence-corrected chi connectivity index (χ0v) is 11.5. The van der Waals surface area contributed by atoms with Crippen molar-refractivity contribution in [2.45, 2.75) is 18.9 Å². The molecule has 1 unspecified atom stereocenters. The fourth-order valence-corrected chi connectivity index (χ4v) is 2.25. The van der Waals surface area contributed by atoms with E-state index in [9.17, 15) is 0 Å². The normalized spacial score (nSPS) is 12.8. The Morgan fingerprint density at radius 3 is 2.94 bits per heavy atom. The van der Waals surface area contributed by atoms with Crippen molar-refractivity contribution in [2.24, 2.45) is 5.84 Å². The maximum atomic E-state index is 5.97. The maximum absolute atomic E-state index is 5.97. The Labute approximate surface area is 109 Å². The van der Waals surface area contributed by atoms with Crippen LogP contribution in [-0.2, 0) is 4.74 Å². The largest absolute Gasteiger partial charge is 0.385 e. The molecule has 0 radical (unpaired) electrons. The Balaban J connectivity index is 2.73. The standard InChI is InChI=1S/C11H16BrClN2O/c1-16-6-2-3-11(15-14)9-7-8(13)4-5-10(9)12/h4-5,7,11,15H,2-3,6,14H2,1H3. The Morgan fingerprint density at radius 2 is 2.31 bits per heavy atom. The van der Waals surface area contributed by atoms with Gasteiger partial charge in [0.2, 0.25) is 0 Å². The summed E-state index contributed by atoms with van der Waals surface area (Å²) in [5.74, 6) is 5.55. The molecule has 90 valence electrons. The van der Waals surface area contributed by atoms with E-state index in [0.717, 1.165) is 29.5 Å². The van der Waals surface area contributed by atoms with Crippen molar-refractivity contribution in [3.8, 4) is 0 Å². The van der Waals surface area contributed by atoms with E-state index in [1.165, 1.54) is 0 Å². The maximum Gasteiger partial charge on any atom is 0.0472 e. The van der Waals surface area contributed by atoms with Crippen LogP contribution in [0.15, 0.2) is 22.7 Å². The Hall–Kier alpha value is -0.130. The number of ether oxygens (including phenoxy) is 1. The SMILES string of the molecule is COCCCC(NN)c1cc(Cl)ccc1Br. The van der Waals surface area contributed by atoms with Crippen LogP contribution in [0.5, 0.6) is 0 Å². The third kappa shape index (κ3) is 4.03. The predicted molar refractivity (Wildman–Crippen MR) is 70.3 cm³/mol. The van der Waals surface area contributed by atoms with Gasteiger partial charge in [0.15, 0.2) is 0 Å². The number of rotatable bonds is 6. The molecule has 5 heteroatoms. The van der Waals surface area contributed by atoms with Crippen molar-refractivity contribution in [3.63, 3.8) is 0 Å². The number of hydrogen-bond acceptors (Lipinski definition) is 3. The molecule has 3 N–H and O–H groups in total. The van der Waals surface area contributed by atoms with Gasteiger partial charge in [0.05, 0.1) is 0 Å². The average Bonchev–Trinajstić information content (AvgIpc) is 2.28. The third-order valence-electron chi connectivity index (χ3n) is 2.38. The lowest BCUT2D eigenvalue weighted by atomic mass is 10.0. The van der Waals surface area contributed by atoms with Crippen molar-refractivity contribution in [2.75, 3.05) is 13.7 Å². The highest BCUT2D eigenvalue weighted by molar-refractivity contribution is 9.10. The molecule has 0 aliphatic rings. The van der Waals surface area contributed by atoms with Gasteiger partial charge in [-0.1, -0.05) is 27.5 Å². The van der Waals surface area contributed by atoms with Crippen molar-refractivity contribution >= 4 is 27.5 Å². The molecular weight excluding hydrogens is 291 g/mol. The fourth-order valence-electron chi connectivity index (χ4n) is 1.54. The second kappa shape index (κ2) is 7.25. The van der Waals surface area contributed by atoms with E-state index in [2.05, 4.69) is 21.4 Å². The van der Waals surface area contributed by atoms with E-state index in [4.69, 9.17) is 22.2 Å². The van der Waals surface area contributed by atoms with E-state index in [1.54, 1.807) is 7.11 Å². The number of nitrogens with two attached hydrogens (primary N) is 1. The molecule has 0 heterocycles. The minimum absolute atomic E-state index is 0.0863. The van der Waals surface area contributed by atoms with Gasteiger partial charge in [-0.2, -0.15) is 0 Å². The first-order valence-corrected chi connectivity index (χ1v) is 6.26. The minimum Gasteiger partial charge on any atom is -0.385 e. The zero-order chi connectivity index (χ0) is 12.0. The molecule has 1 aromatic carbocycles. The average molecular weight is 308 g/mol. The lowest BCUT2D eigenvalue weighted by Crippen LogP contribution is -2.28. The number of nitrogens with one attached hydrogen (secondary N) is 1. The molecular formula is C11H16BrClN2O. The number of methoxy groups -OCH3 is 1. The minimum atomic E-state index is 0.0863. The summed E-state index contributed by atoms with van der Waals surface area (Å²) in [5, 5.41) is 0.713. The second-order valence-corrected chi connectivity index (χ2v) is 4.81. The highest BCUT2D eigenvalue weighted by atomic mass is 79.9. The molecule has 0 amide bonds. The molecule has 1 rings (SSSR count). The third-order valence-corrected chi connectivity index (χ3v) is 3.33. The molecule has 0 bridgehead atoms. The van der Waals surface area contributed by atoms with E-state index in [-0.39, 0.29) is 6.04 Å². The molecule has 0 saturated heterocycles. The van der Waals surface area contributed by atoms with Crippen molar-refractivity contribution in [1.82, 2.24) is 5.43 Å². The van der Waals surface area contributed by atoms with Crippen LogP contribution in [0.25, 0.3) is 0 Å². The number of benzene rings is 1. The molecule has 0 aliphatic carbocycles. The topological polar surface area (TPSA) is 47.3 Å². The van der Waals surface area contributed by atoms with Crippen molar-refractivity contribution < 1.29 is 4.74 Å². The first-order chi connectivity index (χ1) is 7.69. The van der Waals surface area contributed by atoms with Crippen LogP contribution in [0, 0.1) is 0 Å². The van der Waals surface area contributed by atoms with Gasteiger partial charge in [0.1, 0.15) is 0 Å². The Bertz CT molecular complexity index is 336. The fraction of sp³-hybridized carbons (Fsp3) is 0.455. The monoisotopic (exact) mass is 306 g/mol. The summed E-state index contributed by atoms with van der Waals surface area (Å²) in [4.78, 5) is 0. The molecule has 1 aromatic rings. The van der Waals surface area contributed by atoms with E-state index in [0.29, 0.717) is 5.02 Å². The molecule has 0 aliphatic heterocycles. The summed E-state index contributed by atoms with van der Waals surface area (Å²) in [5.41, 5.74) is 3.88. The Kier molecular flexibility index (Phi) is 6.31. The van der Waals surface area contributed by atoms with Crippen LogP contribution in [0.3, 0.4) is 0 Å². The van der Waals surface area contributed by atoms with Gasteiger partial charge in [-0.05, 0) is 36.6 Å². The zero-order valence-electron chi connectivity index (χ0n) is 9.17. The van der Waals surface area contributed by atoms with Gasteiger partial charge in [0, 0.05) is 29.3 Å². The highest BCUT2D eigenvalue weighted by Crippen LogP contribution is 2.28. The summed E-state index contributed by atoms with van der Waals surface area (Å²) in [6.07, 6.45) is 1.85. The summed E-state index contributed by atoms with van der Waals surface area (Å²) < 4.78 is 6.03. The number of hydrogen-bond donors (Lipinski definition) is 2. The van der Waals surface area contributed by atoms with Crippen LogP contribution < -0.4 is 11.3 Å². The predicted octanol–water partition coefficient (Wildman–Crippen LogP) is 3.03. The van der Waals surface area contributed by atoms with E-state index < -0.39 is 0 Å². The van der Waals surface area contributed by atoms with E-state index in [1.807, 2.05) is 18.2 Å². The second-order valence-electron chi connectivity index (χ2n) is 3.52. The number of hydrazine groups is 1. The summed E-state index contributed by atoms with van der Waals surface area (Å²) in [7, 11) is 1.69. The molecule has 0 fully saturated rings. The van der Waals surface area contributed by atoms with Gasteiger partial charge in [0.25, 0.3) is 0 Å². The van der Waals surface area contributed by atoms with Crippen molar-refractivity contribution in [1.29, 1.82) is 0 Å². The van der Waals surface area contributed by atoms with Crippen LogP contribution >= 0.6 is 27.5 Å². The highest BCUT2D eigenvalue weighted by Gasteiger charge is 2.13. The van der Waals surface area contributed by atoms with Crippen molar-refractivity contribution in [3.05, 3.63) is 33.3 Å². The smallest absolute Gasteiger partial charge is 0.0472 e. The summed E-state index contributed by atoms with van der Waals surface area (Å²) in [6, 6.07) is 5.78.